The number of carbonyl (C=O) groups excluding carboxylic acids is 1. The van der Waals surface area contributed by atoms with Gasteiger partial charge in [0, 0.05) is 6.04 Å². The molecule has 0 fully saturated rings. The van der Waals surface area contributed by atoms with Crippen molar-refractivity contribution in [2.75, 3.05) is 13.1 Å². The van der Waals surface area contributed by atoms with E-state index in [1.807, 2.05) is 6.92 Å². The second-order valence-electron chi connectivity index (χ2n) is 4.35. The quantitative estimate of drug-likeness (QED) is 0.696. The second kappa shape index (κ2) is 7.58. The summed E-state index contributed by atoms with van der Waals surface area (Å²) in [6.45, 7) is 3.20. The van der Waals surface area contributed by atoms with Gasteiger partial charge in [-0.25, -0.2) is 0 Å². The van der Waals surface area contributed by atoms with Gasteiger partial charge >= 0.3 is 6.18 Å². The van der Waals surface area contributed by atoms with Gasteiger partial charge in [0.1, 0.15) is 6.04 Å². The second-order valence-corrected chi connectivity index (χ2v) is 4.35. The molecular formula is C11H22F3N3O. The lowest BCUT2D eigenvalue weighted by molar-refractivity contribution is -0.189. The number of amides is 1. The first-order valence-corrected chi connectivity index (χ1v) is 6.08. The van der Waals surface area contributed by atoms with Crippen LogP contribution >= 0.6 is 0 Å². The number of primary amides is 1. The van der Waals surface area contributed by atoms with Crippen LogP contribution in [0.25, 0.3) is 0 Å². The van der Waals surface area contributed by atoms with E-state index >= 15 is 0 Å². The lowest BCUT2D eigenvalue weighted by Gasteiger charge is -2.35. The van der Waals surface area contributed by atoms with Gasteiger partial charge in [0.25, 0.3) is 0 Å². The molecule has 0 bridgehead atoms. The van der Waals surface area contributed by atoms with E-state index in [0.717, 1.165) is 11.3 Å². The number of nitrogens with two attached hydrogens (primary N) is 2. The molecule has 0 spiro atoms. The maximum absolute atomic E-state index is 13.0. The summed E-state index contributed by atoms with van der Waals surface area (Å²) in [7, 11) is 0. The van der Waals surface area contributed by atoms with E-state index in [4.69, 9.17) is 11.5 Å². The molecule has 0 aliphatic heterocycles. The Bertz CT molecular complexity index is 258. The largest absolute Gasteiger partial charge is 0.405 e. The highest BCUT2D eigenvalue weighted by Gasteiger charge is 2.46. The number of halogens is 3. The average Bonchev–Trinajstić information content (AvgIpc) is 2.22. The van der Waals surface area contributed by atoms with E-state index in [2.05, 4.69) is 0 Å². The molecule has 0 aliphatic carbocycles. The number of unbranched alkanes of at least 4 members (excludes halogenated alkanes) is 1. The molecule has 2 atom stereocenters. The van der Waals surface area contributed by atoms with E-state index in [1.165, 1.54) is 0 Å². The minimum Gasteiger partial charge on any atom is -0.369 e. The summed E-state index contributed by atoms with van der Waals surface area (Å²) in [5.41, 5.74) is 10.5. The molecule has 0 saturated carbocycles. The van der Waals surface area contributed by atoms with E-state index < -0.39 is 30.7 Å². The maximum atomic E-state index is 13.0. The van der Waals surface area contributed by atoms with Gasteiger partial charge in [-0.05, 0) is 19.4 Å². The Balaban J connectivity index is 5.00. The highest BCUT2D eigenvalue weighted by Crippen LogP contribution is 2.28. The number of hydrogen-bond acceptors (Lipinski definition) is 3. The highest BCUT2D eigenvalue weighted by molar-refractivity contribution is 5.76. The smallest absolute Gasteiger partial charge is 0.369 e. The summed E-state index contributed by atoms with van der Waals surface area (Å²) in [6.07, 6.45) is -2.97. The van der Waals surface area contributed by atoms with Crippen LogP contribution in [0.3, 0.4) is 0 Å². The molecule has 18 heavy (non-hydrogen) atoms. The van der Waals surface area contributed by atoms with Crippen LogP contribution in [0.1, 0.15) is 33.1 Å². The van der Waals surface area contributed by atoms with Gasteiger partial charge in [0.15, 0.2) is 0 Å². The summed E-state index contributed by atoms with van der Waals surface area (Å²) in [5, 5.41) is 0. The zero-order valence-electron chi connectivity index (χ0n) is 10.8. The highest BCUT2D eigenvalue weighted by atomic mass is 19.4. The lowest BCUT2D eigenvalue weighted by atomic mass is 10.0. The van der Waals surface area contributed by atoms with Gasteiger partial charge in [-0.2, -0.15) is 13.2 Å². The number of alkyl halides is 3. The van der Waals surface area contributed by atoms with Crippen molar-refractivity contribution in [3.8, 4) is 0 Å². The van der Waals surface area contributed by atoms with Gasteiger partial charge in [-0.1, -0.05) is 20.3 Å². The molecule has 4 nitrogen and oxygen atoms in total. The Morgan fingerprint density at radius 2 is 1.89 bits per heavy atom. The SMILES string of the molecule is CCCCN(CC(N)=O)C(C(N)CC)C(F)(F)F. The molecule has 0 radical (unpaired) electrons. The summed E-state index contributed by atoms with van der Waals surface area (Å²) >= 11 is 0. The van der Waals surface area contributed by atoms with Crippen LogP contribution in [0.15, 0.2) is 0 Å². The van der Waals surface area contributed by atoms with Crippen LogP contribution in [-0.4, -0.2) is 42.2 Å². The Labute approximate surface area is 105 Å². The van der Waals surface area contributed by atoms with Crippen LogP contribution < -0.4 is 11.5 Å². The predicted molar refractivity (Wildman–Crippen MR) is 63.8 cm³/mol. The molecule has 7 heteroatoms. The van der Waals surface area contributed by atoms with Gasteiger partial charge in [-0.15, -0.1) is 0 Å². The van der Waals surface area contributed by atoms with Crippen molar-refractivity contribution in [3.63, 3.8) is 0 Å². The minimum absolute atomic E-state index is 0.164. The molecule has 0 aromatic carbocycles. The van der Waals surface area contributed by atoms with Crippen LogP contribution in [0.2, 0.25) is 0 Å². The van der Waals surface area contributed by atoms with Gasteiger partial charge in [0.2, 0.25) is 5.91 Å². The molecule has 0 aliphatic rings. The number of hydrogen-bond donors (Lipinski definition) is 2. The lowest BCUT2D eigenvalue weighted by Crippen LogP contribution is -2.57. The van der Waals surface area contributed by atoms with Gasteiger partial charge in [-0.3, -0.25) is 9.69 Å². The summed E-state index contributed by atoms with van der Waals surface area (Å²) in [5.74, 6) is -0.774. The van der Waals surface area contributed by atoms with Crippen molar-refractivity contribution in [2.45, 2.75) is 51.4 Å². The minimum atomic E-state index is -4.46. The predicted octanol–water partition coefficient (Wildman–Crippen LogP) is 1.24. The molecule has 0 saturated heterocycles. The van der Waals surface area contributed by atoms with E-state index in [0.29, 0.717) is 6.42 Å². The van der Waals surface area contributed by atoms with Crippen molar-refractivity contribution in [2.24, 2.45) is 11.5 Å². The monoisotopic (exact) mass is 269 g/mol. The van der Waals surface area contributed by atoms with Gasteiger partial charge < -0.3 is 11.5 Å². The van der Waals surface area contributed by atoms with E-state index in [-0.39, 0.29) is 13.0 Å². The molecule has 0 aromatic heterocycles. The van der Waals surface area contributed by atoms with Crippen molar-refractivity contribution in [3.05, 3.63) is 0 Å². The van der Waals surface area contributed by atoms with Crippen LogP contribution in [-0.2, 0) is 4.79 Å². The number of carbonyl (C=O) groups is 1. The molecule has 0 heterocycles. The Morgan fingerprint density at radius 1 is 1.33 bits per heavy atom. The molecule has 4 N–H and O–H groups in total. The molecular weight excluding hydrogens is 247 g/mol. The first-order valence-electron chi connectivity index (χ1n) is 6.08. The topological polar surface area (TPSA) is 72.3 Å². The summed E-state index contributed by atoms with van der Waals surface area (Å²) in [4.78, 5) is 11.9. The Kier molecular flexibility index (Phi) is 7.23. The van der Waals surface area contributed by atoms with Crippen molar-refractivity contribution in [1.29, 1.82) is 0 Å². The standard InChI is InChI=1S/C11H22F3N3O/c1-3-5-6-17(7-9(16)18)10(8(15)4-2)11(12,13)14/h8,10H,3-7,15H2,1-2H3,(H2,16,18). The fourth-order valence-electron chi connectivity index (χ4n) is 1.82. The van der Waals surface area contributed by atoms with E-state index in [9.17, 15) is 18.0 Å². The third-order valence-corrected chi connectivity index (χ3v) is 2.76. The Hall–Kier alpha value is -0.820. The van der Waals surface area contributed by atoms with Crippen LogP contribution in [0.4, 0.5) is 13.2 Å². The number of nitrogens with zero attached hydrogens (tertiary/aromatic N) is 1. The average molecular weight is 269 g/mol. The zero-order chi connectivity index (χ0) is 14.3. The van der Waals surface area contributed by atoms with Crippen molar-refractivity contribution in [1.82, 2.24) is 4.90 Å². The van der Waals surface area contributed by atoms with E-state index in [1.54, 1.807) is 6.92 Å². The number of rotatable bonds is 8. The molecule has 1 amide bonds. The third kappa shape index (κ3) is 5.68. The first-order chi connectivity index (χ1) is 8.23. The van der Waals surface area contributed by atoms with Crippen LogP contribution in [0.5, 0.6) is 0 Å². The molecule has 0 aromatic rings. The fourth-order valence-corrected chi connectivity index (χ4v) is 1.82. The third-order valence-electron chi connectivity index (χ3n) is 2.76. The first kappa shape index (κ1) is 17.2. The summed E-state index contributed by atoms with van der Waals surface area (Å²) in [6, 6.07) is -2.87. The molecule has 2 unspecified atom stereocenters. The molecule has 108 valence electrons. The summed E-state index contributed by atoms with van der Waals surface area (Å²) < 4.78 is 39.0. The Morgan fingerprint density at radius 3 is 2.22 bits per heavy atom. The van der Waals surface area contributed by atoms with Crippen molar-refractivity contribution < 1.29 is 18.0 Å². The zero-order valence-corrected chi connectivity index (χ0v) is 10.8. The van der Waals surface area contributed by atoms with Crippen LogP contribution in [0, 0.1) is 0 Å². The maximum Gasteiger partial charge on any atom is 0.405 e. The van der Waals surface area contributed by atoms with Crippen molar-refractivity contribution >= 4 is 5.91 Å². The normalized spacial score (nSPS) is 15.7. The molecule has 0 rings (SSSR count). The fraction of sp³-hybridized carbons (Fsp3) is 0.909. The van der Waals surface area contributed by atoms with Gasteiger partial charge in [0.05, 0.1) is 6.54 Å².